The first-order valence-electron chi connectivity index (χ1n) is 7.64. The van der Waals surface area contributed by atoms with Gasteiger partial charge in [-0.05, 0) is 32.1 Å². The second-order valence-electron chi connectivity index (χ2n) is 5.23. The number of hydrogen-bond donors (Lipinski definition) is 0. The summed E-state index contributed by atoms with van der Waals surface area (Å²) in [5, 5.41) is 3.30. The number of nitrogens with zero attached hydrogens (tertiary/aromatic N) is 1. The van der Waals surface area contributed by atoms with E-state index >= 15 is 0 Å². The molecule has 1 fully saturated rings. The van der Waals surface area contributed by atoms with Gasteiger partial charge in [0.05, 0.1) is 0 Å². The van der Waals surface area contributed by atoms with Crippen molar-refractivity contribution in [3.8, 4) is 0 Å². The highest BCUT2D eigenvalue weighted by molar-refractivity contribution is 5.26. The van der Waals surface area contributed by atoms with Crippen LogP contribution in [0.4, 0.5) is 0 Å². The van der Waals surface area contributed by atoms with E-state index in [4.69, 9.17) is 0 Å². The van der Waals surface area contributed by atoms with Crippen LogP contribution in [0.25, 0.3) is 0 Å². The Balaban J connectivity index is 2.26. The summed E-state index contributed by atoms with van der Waals surface area (Å²) in [5.41, 5.74) is 1.46. The zero-order valence-corrected chi connectivity index (χ0v) is 12.3. The second-order valence-corrected chi connectivity index (χ2v) is 5.23. The number of unbranched alkanes of at least 4 members (excludes halogenated alkanes) is 2. The van der Waals surface area contributed by atoms with E-state index in [0.29, 0.717) is 5.92 Å². The Morgan fingerprint density at radius 2 is 2.05 bits per heavy atom. The van der Waals surface area contributed by atoms with E-state index in [0.717, 1.165) is 32.1 Å². The van der Waals surface area contributed by atoms with E-state index in [1.807, 2.05) is 0 Å². The highest BCUT2D eigenvalue weighted by atomic mass is 16.3. The van der Waals surface area contributed by atoms with Gasteiger partial charge in [-0.15, -0.1) is 0 Å². The molecule has 1 saturated carbocycles. The highest BCUT2D eigenvalue weighted by Gasteiger charge is 2.37. The lowest BCUT2D eigenvalue weighted by Gasteiger charge is -2.02. The molecule has 0 saturated heterocycles. The van der Waals surface area contributed by atoms with Crippen LogP contribution in [0.15, 0.2) is 41.1 Å². The summed E-state index contributed by atoms with van der Waals surface area (Å²) in [4.78, 5) is 10.9. The van der Waals surface area contributed by atoms with Gasteiger partial charge in [-0.2, -0.15) is 4.91 Å². The van der Waals surface area contributed by atoms with Gasteiger partial charge >= 0.3 is 0 Å². The molecule has 0 bridgehead atoms. The summed E-state index contributed by atoms with van der Waals surface area (Å²) in [5.74, 6) is 0.435. The van der Waals surface area contributed by atoms with Crippen molar-refractivity contribution >= 4 is 0 Å². The molecule has 0 spiro atoms. The lowest BCUT2D eigenvalue weighted by molar-refractivity contribution is 0.615. The van der Waals surface area contributed by atoms with Crippen LogP contribution in [0.5, 0.6) is 0 Å². The van der Waals surface area contributed by atoms with E-state index in [1.165, 1.54) is 18.4 Å². The van der Waals surface area contributed by atoms with E-state index in [9.17, 15) is 4.91 Å². The van der Waals surface area contributed by atoms with Gasteiger partial charge in [0.2, 0.25) is 0 Å². The van der Waals surface area contributed by atoms with Gasteiger partial charge in [-0.1, -0.05) is 67.8 Å². The van der Waals surface area contributed by atoms with Crippen molar-refractivity contribution in [3.63, 3.8) is 0 Å². The average molecular weight is 261 g/mol. The SMILES string of the molecule is CC/C=C\C/C=C\CC(N=O)C1C/C1=C\CCCC. The van der Waals surface area contributed by atoms with Crippen LogP contribution in [-0.2, 0) is 0 Å². The standard InChI is InChI=1S/C17H27NO/c1-3-5-7-8-9-11-13-17(18-19)16-14-15(16)12-10-6-4-2/h5,7,9,11-12,16-17H,3-4,6,8,10,13-14H2,1-2H3/b7-5-,11-9-,15-12+. The van der Waals surface area contributed by atoms with Crippen LogP contribution >= 0.6 is 0 Å². The van der Waals surface area contributed by atoms with Crippen LogP contribution in [0.2, 0.25) is 0 Å². The molecule has 2 nitrogen and oxygen atoms in total. The van der Waals surface area contributed by atoms with Crippen LogP contribution in [-0.4, -0.2) is 6.04 Å². The maximum atomic E-state index is 10.9. The molecule has 19 heavy (non-hydrogen) atoms. The van der Waals surface area contributed by atoms with Crippen molar-refractivity contribution in [2.45, 2.75) is 64.8 Å². The number of hydrogen-bond acceptors (Lipinski definition) is 2. The molecule has 0 aliphatic heterocycles. The van der Waals surface area contributed by atoms with Gasteiger partial charge in [-0.25, -0.2) is 0 Å². The largest absolute Gasteiger partial charge is 0.150 e. The van der Waals surface area contributed by atoms with Crippen molar-refractivity contribution in [1.29, 1.82) is 0 Å². The maximum Gasteiger partial charge on any atom is 0.102 e. The van der Waals surface area contributed by atoms with E-state index in [2.05, 4.69) is 49.4 Å². The third-order valence-corrected chi connectivity index (χ3v) is 3.55. The van der Waals surface area contributed by atoms with Crippen LogP contribution in [0.1, 0.15) is 58.8 Å². The molecular formula is C17H27NO. The molecule has 0 N–H and O–H groups in total. The summed E-state index contributed by atoms with van der Waals surface area (Å²) < 4.78 is 0. The minimum atomic E-state index is -0.0423. The summed E-state index contributed by atoms with van der Waals surface area (Å²) >= 11 is 0. The smallest absolute Gasteiger partial charge is 0.102 e. The zero-order chi connectivity index (χ0) is 13.9. The Morgan fingerprint density at radius 1 is 1.26 bits per heavy atom. The molecule has 1 aliphatic carbocycles. The Hall–Kier alpha value is -1.18. The maximum absolute atomic E-state index is 10.9. The summed E-state index contributed by atoms with van der Waals surface area (Å²) in [6.45, 7) is 4.34. The molecule has 0 radical (unpaired) electrons. The molecule has 2 atom stereocenters. The first-order chi connectivity index (χ1) is 9.33. The Kier molecular flexibility index (Phi) is 8.11. The van der Waals surface area contributed by atoms with Gasteiger partial charge in [0.25, 0.3) is 0 Å². The number of nitroso groups, excluding NO2 is 1. The minimum absolute atomic E-state index is 0.0423. The molecule has 106 valence electrons. The van der Waals surface area contributed by atoms with Crippen molar-refractivity contribution < 1.29 is 0 Å². The lowest BCUT2D eigenvalue weighted by atomic mass is 10.1. The minimum Gasteiger partial charge on any atom is -0.150 e. The Labute approximate surface area is 117 Å². The van der Waals surface area contributed by atoms with E-state index < -0.39 is 0 Å². The first kappa shape index (κ1) is 15.9. The zero-order valence-electron chi connectivity index (χ0n) is 12.3. The monoisotopic (exact) mass is 261 g/mol. The van der Waals surface area contributed by atoms with Gasteiger partial charge in [0, 0.05) is 5.92 Å². The third kappa shape index (κ3) is 6.51. The fraction of sp³-hybridized carbons (Fsp3) is 0.647. The third-order valence-electron chi connectivity index (χ3n) is 3.55. The van der Waals surface area contributed by atoms with Crippen LogP contribution in [0, 0.1) is 10.8 Å². The fourth-order valence-electron chi connectivity index (χ4n) is 2.26. The first-order valence-corrected chi connectivity index (χ1v) is 7.64. The normalized spacial score (nSPS) is 22.4. The lowest BCUT2D eigenvalue weighted by Crippen LogP contribution is -2.04. The topological polar surface area (TPSA) is 29.4 Å². The van der Waals surface area contributed by atoms with Crippen molar-refractivity contribution in [3.05, 3.63) is 40.9 Å². The Morgan fingerprint density at radius 3 is 2.74 bits per heavy atom. The Bertz CT molecular complexity index is 341. The van der Waals surface area contributed by atoms with Crippen molar-refractivity contribution in [2.75, 3.05) is 0 Å². The van der Waals surface area contributed by atoms with Crippen molar-refractivity contribution in [2.24, 2.45) is 11.1 Å². The predicted octanol–water partition coefficient (Wildman–Crippen LogP) is 5.56. The molecular weight excluding hydrogens is 234 g/mol. The molecule has 0 aromatic heterocycles. The molecule has 1 rings (SSSR count). The highest BCUT2D eigenvalue weighted by Crippen LogP contribution is 2.43. The molecule has 0 aromatic carbocycles. The van der Waals surface area contributed by atoms with E-state index in [1.54, 1.807) is 0 Å². The fourth-order valence-corrected chi connectivity index (χ4v) is 2.26. The van der Waals surface area contributed by atoms with Crippen LogP contribution < -0.4 is 0 Å². The van der Waals surface area contributed by atoms with Gasteiger partial charge in [0.1, 0.15) is 6.04 Å². The van der Waals surface area contributed by atoms with Crippen LogP contribution in [0.3, 0.4) is 0 Å². The molecule has 2 unspecified atom stereocenters. The van der Waals surface area contributed by atoms with Gasteiger partial charge in [-0.3, -0.25) is 0 Å². The average Bonchev–Trinajstić information content (AvgIpc) is 3.18. The molecule has 0 heterocycles. The second kappa shape index (κ2) is 9.71. The molecule has 0 amide bonds. The number of allylic oxidation sites excluding steroid dienone is 4. The summed E-state index contributed by atoms with van der Waals surface area (Å²) in [6.07, 6.45) is 18.4. The van der Waals surface area contributed by atoms with Gasteiger partial charge in [0.15, 0.2) is 0 Å². The molecule has 1 aliphatic rings. The van der Waals surface area contributed by atoms with Crippen molar-refractivity contribution in [1.82, 2.24) is 0 Å². The molecule has 2 heteroatoms. The predicted molar refractivity (Wildman–Crippen MR) is 83.1 cm³/mol. The summed E-state index contributed by atoms with van der Waals surface area (Å²) in [7, 11) is 0. The van der Waals surface area contributed by atoms with E-state index in [-0.39, 0.29) is 6.04 Å². The number of rotatable bonds is 10. The molecule has 0 aromatic rings. The van der Waals surface area contributed by atoms with Gasteiger partial charge < -0.3 is 0 Å². The quantitative estimate of drug-likeness (QED) is 0.287. The summed E-state index contributed by atoms with van der Waals surface area (Å²) in [6, 6.07) is -0.0423.